The monoisotopic (exact) mass is 803 g/mol. The van der Waals surface area contributed by atoms with Gasteiger partial charge in [0.25, 0.3) is 0 Å². The molecule has 0 N–H and O–H groups in total. The molecular formula is C61H41NO. The standard InChI is InChI=1S/C61H41NO/c1-4-16-42(17-5-1)43-30-35-49(36-31-43)62(51-23-14-18-46(40-51)52-26-15-29-59-60(52)54-25-11-13-28-58(54)63-59)50-37-32-44(33-38-50)45-34-39-57-55(41-45)53-24-10-12-27-56(53)61(57,47-19-6-2-7-20-47)48-21-8-3-9-22-48/h1-41H. The van der Waals surface area contributed by atoms with Crippen molar-refractivity contribution in [2.24, 2.45) is 0 Å². The van der Waals surface area contributed by atoms with Gasteiger partial charge in [-0.05, 0) is 121 Å². The van der Waals surface area contributed by atoms with Crippen molar-refractivity contribution in [3.8, 4) is 44.5 Å². The van der Waals surface area contributed by atoms with Crippen LogP contribution in [0, 0.1) is 0 Å². The maximum atomic E-state index is 6.31. The summed E-state index contributed by atoms with van der Waals surface area (Å²) in [7, 11) is 0. The van der Waals surface area contributed by atoms with Crippen LogP contribution in [0.4, 0.5) is 17.1 Å². The molecule has 63 heavy (non-hydrogen) atoms. The van der Waals surface area contributed by atoms with E-state index in [1.54, 1.807) is 0 Å². The zero-order valence-corrected chi connectivity index (χ0v) is 34.5. The van der Waals surface area contributed by atoms with Crippen LogP contribution < -0.4 is 4.90 Å². The van der Waals surface area contributed by atoms with Crippen LogP contribution in [0.25, 0.3) is 66.4 Å². The van der Waals surface area contributed by atoms with E-state index in [9.17, 15) is 0 Å². The van der Waals surface area contributed by atoms with E-state index >= 15 is 0 Å². The summed E-state index contributed by atoms with van der Waals surface area (Å²) >= 11 is 0. The topological polar surface area (TPSA) is 16.4 Å². The highest BCUT2D eigenvalue weighted by Gasteiger charge is 2.45. The lowest BCUT2D eigenvalue weighted by atomic mass is 9.67. The molecule has 0 unspecified atom stereocenters. The van der Waals surface area contributed by atoms with Gasteiger partial charge in [0.2, 0.25) is 0 Å². The van der Waals surface area contributed by atoms with Crippen LogP contribution in [0.3, 0.4) is 0 Å². The van der Waals surface area contributed by atoms with Crippen LogP contribution in [0.1, 0.15) is 22.3 Å². The Kier molecular flexibility index (Phi) is 8.76. The summed E-state index contributed by atoms with van der Waals surface area (Å²) in [5, 5.41) is 2.26. The quantitative estimate of drug-likeness (QED) is 0.152. The van der Waals surface area contributed by atoms with Crippen LogP contribution in [-0.2, 0) is 5.41 Å². The molecule has 1 aliphatic rings. The maximum Gasteiger partial charge on any atom is 0.136 e. The lowest BCUT2D eigenvalue weighted by Gasteiger charge is -2.33. The van der Waals surface area contributed by atoms with Crippen molar-refractivity contribution in [2.75, 3.05) is 4.90 Å². The van der Waals surface area contributed by atoms with Crippen LogP contribution >= 0.6 is 0 Å². The molecule has 296 valence electrons. The fourth-order valence-electron chi connectivity index (χ4n) is 10.1. The van der Waals surface area contributed by atoms with Crippen molar-refractivity contribution in [3.05, 3.63) is 271 Å². The molecule has 1 aromatic heterocycles. The molecule has 0 fully saturated rings. The Morgan fingerprint density at radius 2 is 0.810 bits per heavy atom. The van der Waals surface area contributed by atoms with Crippen LogP contribution in [0.15, 0.2) is 253 Å². The number of rotatable bonds is 8. The molecule has 0 spiro atoms. The molecule has 0 bridgehead atoms. The van der Waals surface area contributed by atoms with Crippen LogP contribution in [0.5, 0.6) is 0 Å². The van der Waals surface area contributed by atoms with E-state index in [4.69, 9.17) is 4.42 Å². The molecule has 2 nitrogen and oxygen atoms in total. The molecule has 0 saturated heterocycles. The smallest absolute Gasteiger partial charge is 0.136 e. The molecule has 0 atom stereocenters. The first-order valence-corrected chi connectivity index (χ1v) is 21.7. The van der Waals surface area contributed by atoms with Gasteiger partial charge in [0.05, 0.1) is 5.41 Å². The Bertz CT molecular complexity index is 3380. The second-order valence-electron chi connectivity index (χ2n) is 16.4. The van der Waals surface area contributed by atoms with Crippen LogP contribution in [-0.4, -0.2) is 0 Å². The average molecular weight is 804 g/mol. The molecule has 0 amide bonds. The molecule has 12 rings (SSSR count). The highest BCUT2D eigenvalue weighted by Crippen LogP contribution is 2.56. The van der Waals surface area contributed by atoms with Gasteiger partial charge in [-0.25, -0.2) is 0 Å². The first kappa shape index (κ1) is 36.6. The van der Waals surface area contributed by atoms with Crippen molar-refractivity contribution in [1.82, 2.24) is 0 Å². The number of para-hydroxylation sites is 1. The Morgan fingerprint density at radius 1 is 0.302 bits per heavy atom. The highest BCUT2D eigenvalue weighted by molar-refractivity contribution is 6.12. The van der Waals surface area contributed by atoms with E-state index in [-0.39, 0.29) is 0 Å². The van der Waals surface area contributed by atoms with Crippen molar-refractivity contribution in [3.63, 3.8) is 0 Å². The third kappa shape index (κ3) is 6.02. The lowest BCUT2D eigenvalue weighted by Crippen LogP contribution is -2.28. The number of anilines is 3. The third-order valence-corrected chi connectivity index (χ3v) is 13.0. The van der Waals surface area contributed by atoms with E-state index in [0.29, 0.717) is 0 Å². The Balaban J connectivity index is 0.968. The summed E-state index contributed by atoms with van der Waals surface area (Å²) in [6, 6.07) is 90.1. The summed E-state index contributed by atoms with van der Waals surface area (Å²) in [6.45, 7) is 0. The van der Waals surface area contributed by atoms with Gasteiger partial charge >= 0.3 is 0 Å². The van der Waals surface area contributed by atoms with Gasteiger partial charge in [0.15, 0.2) is 0 Å². The molecular weight excluding hydrogens is 763 g/mol. The molecule has 11 aromatic rings. The molecule has 0 aliphatic heterocycles. The van der Waals surface area contributed by atoms with Crippen molar-refractivity contribution < 1.29 is 4.42 Å². The Hall–Kier alpha value is -8.20. The predicted octanol–water partition coefficient (Wildman–Crippen LogP) is 16.4. The molecule has 1 heterocycles. The van der Waals surface area contributed by atoms with E-state index in [1.807, 2.05) is 12.1 Å². The van der Waals surface area contributed by atoms with Gasteiger partial charge in [-0.1, -0.05) is 194 Å². The third-order valence-electron chi connectivity index (χ3n) is 13.0. The average Bonchev–Trinajstić information content (AvgIpc) is 3.89. The molecule has 0 saturated carbocycles. The number of hydrogen-bond acceptors (Lipinski definition) is 2. The Morgan fingerprint density at radius 3 is 1.52 bits per heavy atom. The van der Waals surface area contributed by atoms with Gasteiger partial charge in [0.1, 0.15) is 11.2 Å². The summed E-state index contributed by atoms with van der Waals surface area (Å²) in [6.07, 6.45) is 0. The highest BCUT2D eigenvalue weighted by atomic mass is 16.3. The minimum atomic E-state index is -0.418. The van der Waals surface area contributed by atoms with Gasteiger partial charge in [-0.3, -0.25) is 0 Å². The predicted molar refractivity (Wildman–Crippen MR) is 262 cm³/mol. The summed E-state index contributed by atoms with van der Waals surface area (Å²) in [4.78, 5) is 2.36. The Labute approximate surface area is 367 Å². The first-order valence-electron chi connectivity index (χ1n) is 21.7. The van der Waals surface area contributed by atoms with E-state index in [2.05, 4.69) is 241 Å². The van der Waals surface area contributed by atoms with Crippen molar-refractivity contribution in [1.29, 1.82) is 0 Å². The lowest BCUT2D eigenvalue weighted by molar-refractivity contribution is 0.669. The van der Waals surface area contributed by atoms with E-state index in [0.717, 1.165) is 50.1 Å². The summed E-state index contributed by atoms with van der Waals surface area (Å²) in [5.74, 6) is 0. The maximum absolute atomic E-state index is 6.31. The normalized spacial score (nSPS) is 12.6. The molecule has 0 radical (unpaired) electrons. The van der Waals surface area contributed by atoms with Gasteiger partial charge in [0, 0.05) is 27.8 Å². The zero-order valence-electron chi connectivity index (χ0n) is 34.5. The SMILES string of the molecule is c1ccc(-c2ccc(N(c3ccc(-c4ccc5c(c4)-c4ccccc4C5(c4ccccc4)c4ccccc4)cc3)c3cccc(-c4cccc5oc6ccccc6c45)c3)cc2)cc1. The summed E-state index contributed by atoms with van der Waals surface area (Å²) < 4.78 is 6.31. The number of benzene rings is 10. The second kappa shape index (κ2) is 15.1. The molecule has 2 heteroatoms. The fourth-order valence-corrected chi connectivity index (χ4v) is 10.1. The van der Waals surface area contributed by atoms with E-state index < -0.39 is 5.41 Å². The summed E-state index contributed by atoms with van der Waals surface area (Å²) in [5.41, 5.74) is 19.4. The van der Waals surface area contributed by atoms with Gasteiger partial charge in [-0.15, -0.1) is 0 Å². The first-order chi connectivity index (χ1) is 31.2. The minimum absolute atomic E-state index is 0.418. The largest absolute Gasteiger partial charge is 0.456 e. The minimum Gasteiger partial charge on any atom is -0.456 e. The number of fused-ring (bicyclic) bond motifs is 6. The molecule has 10 aromatic carbocycles. The number of nitrogens with zero attached hydrogens (tertiary/aromatic N) is 1. The number of hydrogen-bond donors (Lipinski definition) is 0. The van der Waals surface area contributed by atoms with Crippen molar-refractivity contribution >= 4 is 39.0 Å². The fraction of sp³-hybridized carbons (Fsp3) is 0.0164. The van der Waals surface area contributed by atoms with Gasteiger partial charge < -0.3 is 9.32 Å². The second-order valence-corrected chi connectivity index (χ2v) is 16.4. The van der Waals surface area contributed by atoms with E-state index in [1.165, 1.54) is 55.6 Å². The van der Waals surface area contributed by atoms with Crippen LogP contribution in [0.2, 0.25) is 0 Å². The van der Waals surface area contributed by atoms with Crippen molar-refractivity contribution in [2.45, 2.75) is 5.41 Å². The molecule has 1 aliphatic carbocycles. The van der Waals surface area contributed by atoms with Gasteiger partial charge in [-0.2, -0.15) is 0 Å². The zero-order chi connectivity index (χ0) is 41.7. The number of furan rings is 1.